The van der Waals surface area contributed by atoms with Crippen LogP contribution in [0.25, 0.3) is 0 Å². The molecule has 1 aliphatic rings. The molecule has 0 aromatic heterocycles. The summed E-state index contributed by atoms with van der Waals surface area (Å²) >= 11 is 0. The summed E-state index contributed by atoms with van der Waals surface area (Å²) in [6.07, 6.45) is 13.3. The molecule has 0 spiro atoms. The Morgan fingerprint density at radius 3 is 2.00 bits per heavy atom. The van der Waals surface area contributed by atoms with Gasteiger partial charge >= 0.3 is 0 Å². The second kappa shape index (κ2) is 17.0. The van der Waals surface area contributed by atoms with Gasteiger partial charge in [0.05, 0.1) is 6.61 Å². The highest BCUT2D eigenvalue weighted by atomic mass is 16.5. The van der Waals surface area contributed by atoms with Crippen LogP contribution in [0.15, 0.2) is 36.4 Å². The molecule has 1 N–H and O–H groups in total. The molecule has 0 saturated heterocycles. The molecule has 0 heterocycles. The van der Waals surface area contributed by atoms with Crippen molar-refractivity contribution in [3.8, 4) is 0 Å². The zero-order chi connectivity index (χ0) is 25.5. The molecule has 1 aromatic carbocycles. The molecular weight excluding hydrogens is 414 g/mol. The Hall–Kier alpha value is -1.57. The standard InChI is InChI=1S/C29H47NO.C3H8/c1-7-22(6)10-11-23(8-2)25-12-16-27(17-13-25)28-18-14-26(15-19-28)24(9-3)20-31-29(30)21(4)5;1-3-2/h14-15,18-19,22-25,27,30H,4,7-13,16-17,20H2,1-3,5-6H3;3H2,1-2H3. The number of ether oxygens (including phenoxy) is 1. The summed E-state index contributed by atoms with van der Waals surface area (Å²) in [5.41, 5.74) is 3.52. The highest BCUT2D eigenvalue weighted by Gasteiger charge is 2.27. The molecular formula is C32H55NO. The monoisotopic (exact) mass is 469 g/mol. The lowest BCUT2D eigenvalue weighted by Crippen LogP contribution is -2.21. The van der Waals surface area contributed by atoms with Crippen LogP contribution in [0, 0.1) is 23.2 Å². The molecule has 194 valence electrons. The van der Waals surface area contributed by atoms with Gasteiger partial charge in [-0.3, -0.25) is 5.41 Å². The van der Waals surface area contributed by atoms with Gasteiger partial charge in [-0.15, -0.1) is 0 Å². The van der Waals surface area contributed by atoms with Gasteiger partial charge in [-0.1, -0.05) is 98.1 Å². The Balaban J connectivity index is 0.00000182. The van der Waals surface area contributed by atoms with Gasteiger partial charge in [-0.25, -0.2) is 0 Å². The summed E-state index contributed by atoms with van der Waals surface area (Å²) in [6.45, 7) is 19.7. The molecule has 0 amide bonds. The molecule has 34 heavy (non-hydrogen) atoms. The Morgan fingerprint density at radius 2 is 1.53 bits per heavy atom. The number of nitrogens with one attached hydrogen (secondary N) is 1. The van der Waals surface area contributed by atoms with Gasteiger partial charge in [0.25, 0.3) is 0 Å². The van der Waals surface area contributed by atoms with Gasteiger partial charge in [-0.2, -0.15) is 0 Å². The van der Waals surface area contributed by atoms with Crippen LogP contribution >= 0.6 is 0 Å². The first-order valence-electron chi connectivity index (χ1n) is 14.3. The Labute approximate surface area is 212 Å². The second-order valence-electron chi connectivity index (χ2n) is 10.8. The van der Waals surface area contributed by atoms with Crippen molar-refractivity contribution < 1.29 is 4.74 Å². The predicted octanol–water partition coefficient (Wildman–Crippen LogP) is 10.3. The van der Waals surface area contributed by atoms with Gasteiger partial charge in [-0.05, 0) is 80.2 Å². The zero-order valence-electron chi connectivity index (χ0n) is 23.6. The SMILES string of the molecule is C=C(C)C(=N)OCC(CC)c1ccc(C2CCC(C(CC)CCC(C)CC)CC2)cc1.CCC. The fourth-order valence-corrected chi connectivity index (χ4v) is 5.20. The molecule has 1 aromatic rings. The van der Waals surface area contributed by atoms with E-state index in [0.29, 0.717) is 18.1 Å². The van der Waals surface area contributed by atoms with Gasteiger partial charge in [0.15, 0.2) is 0 Å². The molecule has 1 aliphatic carbocycles. The third-order valence-corrected chi connectivity index (χ3v) is 7.88. The lowest BCUT2D eigenvalue weighted by atomic mass is 9.71. The average Bonchev–Trinajstić information content (AvgIpc) is 2.85. The van der Waals surface area contributed by atoms with Gasteiger partial charge < -0.3 is 4.74 Å². The van der Waals surface area contributed by atoms with Crippen LogP contribution < -0.4 is 0 Å². The number of hydrogen-bond donors (Lipinski definition) is 1. The third-order valence-electron chi connectivity index (χ3n) is 7.88. The van der Waals surface area contributed by atoms with E-state index in [9.17, 15) is 0 Å². The van der Waals surface area contributed by atoms with Crippen LogP contribution in [0.5, 0.6) is 0 Å². The van der Waals surface area contributed by atoms with Crippen molar-refractivity contribution in [2.45, 2.75) is 125 Å². The van der Waals surface area contributed by atoms with Crippen molar-refractivity contribution in [3.63, 3.8) is 0 Å². The first-order chi connectivity index (χ1) is 16.3. The molecule has 3 atom stereocenters. The number of hydrogen-bond acceptors (Lipinski definition) is 2. The summed E-state index contributed by atoms with van der Waals surface area (Å²) in [7, 11) is 0. The second-order valence-corrected chi connectivity index (χ2v) is 10.8. The fourth-order valence-electron chi connectivity index (χ4n) is 5.20. The minimum Gasteiger partial charge on any atom is -0.477 e. The average molecular weight is 470 g/mol. The summed E-state index contributed by atoms with van der Waals surface area (Å²) in [5.74, 6) is 4.02. The van der Waals surface area contributed by atoms with Crippen LogP contribution in [0.3, 0.4) is 0 Å². The van der Waals surface area contributed by atoms with E-state index >= 15 is 0 Å². The highest BCUT2D eigenvalue weighted by Crippen LogP contribution is 2.41. The summed E-state index contributed by atoms with van der Waals surface area (Å²) in [4.78, 5) is 0. The summed E-state index contributed by atoms with van der Waals surface area (Å²) in [5, 5.41) is 7.84. The van der Waals surface area contributed by atoms with Crippen molar-refractivity contribution in [3.05, 3.63) is 47.5 Å². The van der Waals surface area contributed by atoms with Crippen molar-refractivity contribution >= 4 is 5.90 Å². The van der Waals surface area contributed by atoms with Crippen LogP contribution in [0.1, 0.15) is 136 Å². The van der Waals surface area contributed by atoms with E-state index in [1.54, 1.807) is 0 Å². The molecule has 0 bridgehead atoms. The van der Waals surface area contributed by atoms with Crippen molar-refractivity contribution in [2.75, 3.05) is 6.61 Å². The maximum absolute atomic E-state index is 7.84. The maximum atomic E-state index is 7.84. The predicted molar refractivity (Wildman–Crippen MR) is 151 cm³/mol. The minimum absolute atomic E-state index is 0.210. The van der Waals surface area contributed by atoms with Gasteiger partial charge in [0.1, 0.15) is 0 Å². The lowest BCUT2D eigenvalue weighted by Gasteiger charge is -2.34. The van der Waals surface area contributed by atoms with E-state index in [-0.39, 0.29) is 5.90 Å². The largest absolute Gasteiger partial charge is 0.477 e. The first-order valence-corrected chi connectivity index (χ1v) is 14.3. The first kappa shape index (κ1) is 30.5. The van der Waals surface area contributed by atoms with E-state index in [1.807, 2.05) is 6.92 Å². The third kappa shape index (κ3) is 10.4. The quantitative estimate of drug-likeness (QED) is 0.240. The minimum atomic E-state index is 0.210. The lowest BCUT2D eigenvalue weighted by molar-refractivity contribution is 0.206. The van der Waals surface area contributed by atoms with E-state index < -0.39 is 0 Å². The van der Waals surface area contributed by atoms with E-state index in [2.05, 4.69) is 72.4 Å². The Bertz CT molecular complexity index is 683. The Kier molecular flexibility index (Phi) is 15.2. The van der Waals surface area contributed by atoms with Crippen LogP contribution in [0.4, 0.5) is 0 Å². The van der Waals surface area contributed by atoms with Crippen LogP contribution in [0.2, 0.25) is 0 Å². The zero-order valence-corrected chi connectivity index (χ0v) is 23.6. The molecule has 2 rings (SSSR count). The van der Waals surface area contributed by atoms with Crippen molar-refractivity contribution in [2.24, 2.45) is 17.8 Å². The molecule has 2 heteroatoms. The smallest absolute Gasteiger partial charge is 0.208 e. The van der Waals surface area contributed by atoms with Gasteiger partial charge in [0, 0.05) is 11.5 Å². The van der Waals surface area contributed by atoms with Gasteiger partial charge in [0.2, 0.25) is 5.90 Å². The van der Waals surface area contributed by atoms with Crippen LogP contribution in [-0.4, -0.2) is 12.5 Å². The van der Waals surface area contributed by atoms with Crippen LogP contribution in [-0.2, 0) is 4.74 Å². The summed E-state index contributed by atoms with van der Waals surface area (Å²) < 4.78 is 5.63. The number of rotatable bonds is 12. The van der Waals surface area contributed by atoms with Crippen molar-refractivity contribution in [1.82, 2.24) is 0 Å². The normalized spacial score (nSPS) is 20.4. The molecule has 0 aliphatic heterocycles. The molecule has 1 saturated carbocycles. The molecule has 2 nitrogen and oxygen atoms in total. The van der Waals surface area contributed by atoms with E-state index in [4.69, 9.17) is 10.1 Å². The number of benzene rings is 1. The highest BCUT2D eigenvalue weighted by molar-refractivity contribution is 5.89. The maximum Gasteiger partial charge on any atom is 0.208 e. The molecule has 1 fully saturated rings. The topological polar surface area (TPSA) is 33.1 Å². The molecule has 3 unspecified atom stereocenters. The summed E-state index contributed by atoms with van der Waals surface area (Å²) in [6, 6.07) is 9.30. The van der Waals surface area contributed by atoms with Crippen molar-refractivity contribution in [1.29, 1.82) is 5.41 Å². The van der Waals surface area contributed by atoms with E-state index in [0.717, 1.165) is 30.1 Å². The fraction of sp³-hybridized carbons (Fsp3) is 0.719. The molecule has 0 radical (unpaired) electrons. The van der Waals surface area contributed by atoms with E-state index in [1.165, 1.54) is 68.9 Å². The Morgan fingerprint density at radius 1 is 0.941 bits per heavy atom.